The van der Waals surface area contributed by atoms with Crippen LogP contribution >= 0.6 is 11.6 Å². The fourth-order valence-corrected chi connectivity index (χ4v) is 2.72. The fraction of sp³-hybridized carbons (Fsp3) is 0.158. The summed E-state index contributed by atoms with van der Waals surface area (Å²) in [7, 11) is 0. The summed E-state index contributed by atoms with van der Waals surface area (Å²) in [5.41, 5.74) is -1.50. The molecule has 0 radical (unpaired) electrons. The van der Waals surface area contributed by atoms with E-state index in [-0.39, 0.29) is 0 Å². The second kappa shape index (κ2) is 7.59. The summed E-state index contributed by atoms with van der Waals surface area (Å²) in [5, 5.41) is 14.3. The van der Waals surface area contributed by atoms with E-state index in [4.69, 9.17) is 16.3 Å². The third-order valence-electron chi connectivity index (χ3n) is 4.23. The zero-order valence-electron chi connectivity index (χ0n) is 14.3. The summed E-state index contributed by atoms with van der Waals surface area (Å²) in [6.07, 6.45) is 1.22. The van der Waals surface area contributed by atoms with Crippen LogP contribution < -0.4 is 4.74 Å². The number of Topliss-reactive ketones (excluding diaryl/α,β-unsaturated/α-hetero) is 1. The first kappa shape index (κ1) is 18.6. The number of nitrogens with zero attached hydrogens (tertiary/aromatic N) is 3. The molecule has 0 saturated carbocycles. The number of halogens is 1. The van der Waals surface area contributed by atoms with Gasteiger partial charge in [0.25, 0.3) is 6.23 Å². The molecule has 2 atom stereocenters. The second-order valence-electron chi connectivity index (χ2n) is 5.96. The standard InChI is InChI=1S/C19H16ClN3O4/c1-19(18(25)26,13-5-3-2-4-6-13)16(24)17(23-12-21-11-22-23)27-15-9-7-14(20)8-10-15/h2-12,17H,1H3,(H,25,26). The van der Waals surface area contributed by atoms with Gasteiger partial charge in [0.1, 0.15) is 18.4 Å². The van der Waals surface area contributed by atoms with Crippen LogP contribution in [0, 0.1) is 0 Å². The van der Waals surface area contributed by atoms with Gasteiger partial charge in [0.15, 0.2) is 5.41 Å². The highest BCUT2D eigenvalue weighted by Gasteiger charge is 2.48. The van der Waals surface area contributed by atoms with Crippen LogP contribution in [0.25, 0.3) is 0 Å². The molecular formula is C19H16ClN3O4. The molecule has 0 fully saturated rings. The van der Waals surface area contributed by atoms with Crippen LogP contribution in [-0.4, -0.2) is 31.6 Å². The van der Waals surface area contributed by atoms with E-state index in [9.17, 15) is 14.7 Å². The van der Waals surface area contributed by atoms with Crippen LogP contribution in [0.5, 0.6) is 5.75 Å². The molecule has 0 bridgehead atoms. The largest absolute Gasteiger partial charge is 0.480 e. The molecule has 0 saturated heterocycles. The van der Waals surface area contributed by atoms with Crippen molar-refractivity contribution in [3.05, 3.63) is 77.8 Å². The number of carboxylic acids is 1. The minimum Gasteiger partial charge on any atom is -0.480 e. The maximum atomic E-state index is 13.4. The van der Waals surface area contributed by atoms with E-state index in [2.05, 4.69) is 10.1 Å². The van der Waals surface area contributed by atoms with Crippen molar-refractivity contribution >= 4 is 23.4 Å². The normalized spacial score (nSPS) is 14.1. The lowest BCUT2D eigenvalue weighted by Crippen LogP contribution is -2.46. The number of ketones is 1. The van der Waals surface area contributed by atoms with Gasteiger partial charge in [0.2, 0.25) is 5.78 Å². The molecule has 0 aliphatic rings. The smallest absolute Gasteiger partial charge is 0.321 e. The van der Waals surface area contributed by atoms with Gasteiger partial charge in [0.05, 0.1) is 0 Å². The molecule has 0 aliphatic heterocycles. The van der Waals surface area contributed by atoms with E-state index < -0.39 is 23.4 Å². The first-order chi connectivity index (χ1) is 12.9. The lowest BCUT2D eigenvalue weighted by atomic mass is 9.78. The molecule has 1 aromatic heterocycles. The number of hydrogen-bond acceptors (Lipinski definition) is 5. The number of aromatic nitrogens is 3. The van der Waals surface area contributed by atoms with Crippen molar-refractivity contribution in [1.82, 2.24) is 14.8 Å². The van der Waals surface area contributed by atoms with E-state index in [1.807, 2.05) is 0 Å². The molecule has 1 heterocycles. The van der Waals surface area contributed by atoms with Crippen LogP contribution in [0.1, 0.15) is 18.7 Å². The van der Waals surface area contributed by atoms with Crippen LogP contribution in [0.15, 0.2) is 67.3 Å². The second-order valence-corrected chi connectivity index (χ2v) is 6.40. The van der Waals surface area contributed by atoms with Crippen LogP contribution in [-0.2, 0) is 15.0 Å². The Morgan fingerprint density at radius 3 is 2.37 bits per heavy atom. The van der Waals surface area contributed by atoms with Crippen LogP contribution in [0.4, 0.5) is 0 Å². The van der Waals surface area contributed by atoms with E-state index >= 15 is 0 Å². The summed E-state index contributed by atoms with van der Waals surface area (Å²) >= 11 is 5.88. The van der Waals surface area contributed by atoms with Crippen molar-refractivity contribution in [2.75, 3.05) is 0 Å². The Kier molecular flexibility index (Phi) is 5.23. The number of carbonyl (C=O) groups is 2. The molecule has 27 heavy (non-hydrogen) atoms. The molecule has 1 N–H and O–H groups in total. The van der Waals surface area contributed by atoms with E-state index in [0.29, 0.717) is 16.3 Å². The molecule has 3 aromatic rings. The van der Waals surface area contributed by atoms with Crippen molar-refractivity contribution in [2.45, 2.75) is 18.6 Å². The van der Waals surface area contributed by atoms with Gasteiger partial charge >= 0.3 is 5.97 Å². The molecule has 138 valence electrons. The first-order valence-electron chi connectivity index (χ1n) is 8.02. The van der Waals surface area contributed by atoms with Crippen molar-refractivity contribution < 1.29 is 19.4 Å². The molecule has 2 aromatic carbocycles. The number of carboxylic acid groups (broad SMARTS) is 1. The maximum absolute atomic E-state index is 13.4. The Bertz CT molecular complexity index is 929. The number of carbonyl (C=O) groups excluding carboxylic acids is 1. The average molecular weight is 386 g/mol. The number of ether oxygens (including phenoxy) is 1. The van der Waals surface area contributed by atoms with Crippen LogP contribution in [0.2, 0.25) is 5.02 Å². The Labute approximate surface area is 160 Å². The van der Waals surface area contributed by atoms with Crippen molar-refractivity contribution in [3.8, 4) is 5.75 Å². The number of hydrogen-bond donors (Lipinski definition) is 1. The van der Waals surface area contributed by atoms with Gasteiger partial charge < -0.3 is 9.84 Å². The molecule has 0 spiro atoms. The SMILES string of the molecule is CC(C(=O)O)(C(=O)C(Oc1ccc(Cl)cc1)n1cncn1)c1ccccc1. The predicted octanol–water partition coefficient (Wildman–Crippen LogP) is 3.12. The zero-order valence-corrected chi connectivity index (χ0v) is 15.1. The minimum absolute atomic E-state index is 0.340. The Morgan fingerprint density at radius 2 is 1.81 bits per heavy atom. The highest BCUT2D eigenvalue weighted by molar-refractivity contribution is 6.30. The maximum Gasteiger partial charge on any atom is 0.321 e. The predicted molar refractivity (Wildman–Crippen MR) is 97.6 cm³/mol. The van der Waals surface area contributed by atoms with Gasteiger partial charge in [-0.2, -0.15) is 5.10 Å². The Morgan fingerprint density at radius 1 is 1.15 bits per heavy atom. The van der Waals surface area contributed by atoms with Crippen molar-refractivity contribution in [2.24, 2.45) is 0 Å². The zero-order chi connectivity index (χ0) is 19.4. The van der Waals surface area contributed by atoms with E-state index in [1.165, 1.54) is 24.3 Å². The van der Waals surface area contributed by atoms with Gasteiger partial charge in [-0.1, -0.05) is 41.9 Å². The molecule has 0 amide bonds. The fourth-order valence-electron chi connectivity index (χ4n) is 2.60. The lowest BCUT2D eigenvalue weighted by molar-refractivity contribution is -0.152. The van der Waals surface area contributed by atoms with Gasteiger partial charge in [-0.05, 0) is 36.8 Å². The number of benzene rings is 2. The Balaban J connectivity index is 2.03. The lowest BCUT2D eigenvalue weighted by Gasteiger charge is -2.28. The van der Waals surface area contributed by atoms with Gasteiger partial charge in [0, 0.05) is 5.02 Å². The molecule has 7 nitrogen and oxygen atoms in total. The molecule has 8 heteroatoms. The highest BCUT2D eigenvalue weighted by Crippen LogP contribution is 2.31. The number of rotatable bonds is 7. The average Bonchev–Trinajstić information content (AvgIpc) is 3.21. The first-order valence-corrected chi connectivity index (χ1v) is 8.40. The van der Waals surface area contributed by atoms with Gasteiger partial charge in [-0.25, -0.2) is 9.67 Å². The third-order valence-corrected chi connectivity index (χ3v) is 4.49. The summed E-state index contributed by atoms with van der Waals surface area (Å²) in [6, 6.07) is 14.7. The van der Waals surface area contributed by atoms with Gasteiger partial charge in [-0.3, -0.25) is 9.59 Å². The minimum atomic E-state index is -1.84. The summed E-state index contributed by atoms with van der Waals surface area (Å²) in [5.74, 6) is -1.64. The molecule has 0 aliphatic carbocycles. The van der Waals surface area contributed by atoms with E-state index in [1.54, 1.807) is 54.6 Å². The number of aliphatic carboxylic acids is 1. The van der Waals surface area contributed by atoms with E-state index in [0.717, 1.165) is 0 Å². The topological polar surface area (TPSA) is 94.3 Å². The monoisotopic (exact) mass is 385 g/mol. The summed E-state index contributed by atoms with van der Waals surface area (Å²) < 4.78 is 6.96. The van der Waals surface area contributed by atoms with Crippen molar-refractivity contribution in [3.63, 3.8) is 0 Å². The highest BCUT2D eigenvalue weighted by atomic mass is 35.5. The quantitative estimate of drug-likeness (QED) is 0.628. The molecule has 3 rings (SSSR count). The third kappa shape index (κ3) is 3.68. The molecular weight excluding hydrogens is 370 g/mol. The Hall–Kier alpha value is -3.19. The van der Waals surface area contributed by atoms with Crippen LogP contribution in [0.3, 0.4) is 0 Å². The van der Waals surface area contributed by atoms with Crippen molar-refractivity contribution in [1.29, 1.82) is 0 Å². The van der Waals surface area contributed by atoms with Gasteiger partial charge in [-0.15, -0.1) is 0 Å². The molecule has 2 unspecified atom stereocenters. The summed E-state index contributed by atoms with van der Waals surface area (Å²) in [4.78, 5) is 29.3. The summed E-state index contributed by atoms with van der Waals surface area (Å²) in [6.45, 7) is 1.35.